The summed E-state index contributed by atoms with van der Waals surface area (Å²) in [7, 11) is 0. The fourth-order valence-corrected chi connectivity index (χ4v) is 3.62. The van der Waals surface area contributed by atoms with E-state index < -0.39 is 0 Å². The second-order valence-electron chi connectivity index (χ2n) is 5.49. The van der Waals surface area contributed by atoms with Crippen molar-refractivity contribution in [2.24, 2.45) is 0 Å². The Morgan fingerprint density at radius 1 is 1.50 bits per heavy atom. The lowest BCUT2D eigenvalue weighted by Gasteiger charge is -2.23. The Bertz CT molecular complexity index is 664. The summed E-state index contributed by atoms with van der Waals surface area (Å²) in [6.07, 6.45) is 4.14. The molecule has 1 aliphatic rings. The molecule has 0 fully saturated rings. The van der Waals surface area contributed by atoms with E-state index >= 15 is 0 Å². The van der Waals surface area contributed by atoms with Gasteiger partial charge in [-0.2, -0.15) is 5.10 Å². The number of rotatable bonds is 4. The zero-order valence-electron chi connectivity index (χ0n) is 12.8. The van der Waals surface area contributed by atoms with E-state index in [0.29, 0.717) is 13.1 Å². The molecule has 2 aromatic rings. The Kier molecular flexibility index (Phi) is 4.37. The maximum Gasteiger partial charge on any atom is 0.315 e. The number of hydrogen-bond donors (Lipinski definition) is 2. The smallest absolute Gasteiger partial charge is 0.315 e. The first kappa shape index (κ1) is 15.0. The number of nitrogens with zero attached hydrogens (tertiary/aromatic N) is 4. The minimum Gasteiger partial charge on any atom is -0.338 e. The van der Waals surface area contributed by atoms with Gasteiger partial charge < -0.3 is 10.6 Å². The number of thiazole rings is 1. The summed E-state index contributed by atoms with van der Waals surface area (Å²) in [5, 5.41) is 11.1. The fraction of sp³-hybridized carbons (Fsp3) is 0.571. The van der Waals surface area contributed by atoms with Crippen LogP contribution in [0.5, 0.6) is 0 Å². The normalized spacial score (nSPS) is 17.1. The third kappa shape index (κ3) is 3.44. The standard InChI is InChI=1S/C14H20N6OS/c1-9-12(22-10(2)18-9)5-6-15-14(21)19-11-3-4-13-16-8-17-20(13)7-11/h8,11H,3-7H2,1-2H3,(H2,15,19,21)/t11-/m1/s1. The second-order valence-corrected chi connectivity index (χ2v) is 6.77. The van der Waals surface area contributed by atoms with E-state index in [-0.39, 0.29) is 12.1 Å². The predicted molar refractivity (Wildman–Crippen MR) is 84.0 cm³/mol. The van der Waals surface area contributed by atoms with Gasteiger partial charge in [0.1, 0.15) is 12.2 Å². The van der Waals surface area contributed by atoms with Crippen molar-refractivity contribution >= 4 is 17.4 Å². The number of aryl methyl sites for hydroxylation is 3. The van der Waals surface area contributed by atoms with Crippen LogP contribution in [0.1, 0.15) is 27.8 Å². The summed E-state index contributed by atoms with van der Waals surface area (Å²) >= 11 is 1.69. The van der Waals surface area contributed by atoms with Crippen LogP contribution in [-0.4, -0.2) is 38.4 Å². The van der Waals surface area contributed by atoms with E-state index in [4.69, 9.17) is 0 Å². The molecular weight excluding hydrogens is 300 g/mol. The van der Waals surface area contributed by atoms with Crippen LogP contribution in [0.3, 0.4) is 0 Å². The summed E-state index contributed by atoms with van der Waals surface area (Å²) in [6, 6.07) is -0.00552. The topological polar surface area (TPSA) is 84.7 Å². The highest BCUT2D eigenvalue weighted by molar-refractivity contribution is 7.11. The van der Waals surface area contributed by atoms with Crippen LogP contribution in [0.2, 0.25) is 0 Å². The van der Waals surface area contributed by atoms with Gasteiger partial charge in [0.15, 0.2) is 0 Å². The first-order valence-corrected chi connectivity index (χ1v) is 8.27. The number of urea groups is 1. The Balaban J connectivity index is 1.42. The highest BCUT2D eigenvalue weighted by Crippen LogP contribution is 2.17. The van der Waals surface area contributed by atoms with Crippen LogP contribution >= 0.6 is 11.3 Å². The van der Waals surface area contributed by atoms with Gasteiger partial charge in [-0.1, -0.05) is 0 Å². The highest BCUT2D eigenvalue weighted by atomic mass is 32.1. The summed E-state index contributed by atoms with van der Waals surface area (Å²) in [5.41, 5.74) is 1.07. The molecule has 0 aromatic carbocycles. The molecule has 0 unspecified atom stereocenters. The van der Waals surface area contributed by atoms with Crippen molar-refractivity contribution in [2.75, 3.05) is 6.54 Å². The summed E-state index contributed by atoms with van der Waals surface area (Å²) in [4.78, 5) is 21.8. The van der Waals surface area contributed by atoms with Crippen LogP contribution in [0.15, 0.2) is 6.33 Å². The largest absolute Gasteiger partial charge is 0.338 e. The maximum atomic E-state index is 12.0. The molecule has 1 aliphatic heterocycles. The number of aromatic nitrogens is 4. The average molecular weight is 320 g/mol. The van der Waals surface area contributed by atoms with Gasteiger partial charge in [0.2, 0.25) is 0 Å². The molecule has 0 saturated carbocycles. The molecule has 3 heterocycles. The van der Waals surface area contributed by atoms with Crippen molar-refractivity contribution in [1.82, 2.24) is 30.4 Å². The minimum atomic E-state index is -0.118. The molecule has 118 valence electrons. The average Bonchev–Trinajstić information content (AvgIpc) is 3.05. The van der Waals surface area contributed by atoms with E-state index in [2.05, 4.69) is 25.7 Å². The molecule has 0 saturated heterocycles. The number of amides is 2. The van der Waals surface area contributed by atoms with Crippen molar-refractivity contribution in [2.45, 2.75) is 45.7 Å². The van der Waals surface area contributed by atoms with Gasteiger partial charge in [0.25, 0.3) is 0 Å². The molecule has 8 heteroatoms. The quantitative estimate of drug-likeness (QED) is 0.887. The summed E-state index contributed by atoms with van der Waals surface area (Å²) in [5.74, 6) is 0.995. The van der Waals surface area contributed by atoms with Crippen molar-refractivity contribution in [3.63, 3.8) is 0 Å². The van der Waals surface area contributed by atoms with E-state index in [0.717, 1.165) is 35.8 Å². The molecular formula is C14H20N6OS. The van der Waals surface area contributed by atoms with E-state index in [9.17, 15) is 4.79 Å². The third-order valence-corrected chi connectivity index (χ3v) is 4.91. The van der Waals surface area contributed by atoms with E-state index in [1.807, 2.05) is 18.5 Å². The molecule has 1 atom stereocenters. The first-order chi connectivity index (χ1) is 10.6. The number of nitrogens with one attached hydrogen (secondary N) is 2. The van der Waals surface area contributed by atoms with Crippen molar-refractivity contribution < 1.29 is 4.79 Å². The lowest BCUT2D eigenvalue weighted by atomic mass is 10.1. The van der Waals surface area contributed by atoms with Crippen molar-refractivity contribution in [3.05, 3.63) is 27.7 Å². The van der Waals surface area contributed by atoms with Crippen molar-refractivity contribution in [1.29, 1.82) is 0 Å². The van der Waals surface area contributed by atoms with Crippen molar-refractivity contribution in [3.8, 4) is 0 Å². The predicted octanol–water partition coefficient (Wildman–Crippen LogP) is 1.21. The van der Waals surface area contributed by atoms with Crippen LogP contribution in [0.25, 0.3) is 0 Å². The Labute approximate surface area is 133 Å². The molecule has 2 aromatic heterocycles. The second kappa shape index (κ2) is 6.43. The van der Waals surface area contributed by atoms with E-state index in [1.54, 1.807) is 17.7 Å². The lowest BCUT2D eigenvalue weighted by Crippen LogP contribution is -2.46. The monoisotopic (exact) mass is 320 g/mol. The van der Waals surface area contributed by atoms with Gasteiger partial charge in [-0.25, -0.2) is 19.4 Å². The molecule has 0 radical (unpaired) electrons. The van der Waals surface area contributed by atoms with Gasteiger partial charge in [-0.15, -0.1) is 11.3 Å². The van der Waals surface area contributed by atoms with Crippen LogP contribution in [-0.2, 0) is 19.4 Å². The zero-order chi connectivity index (χ0) is 15.5. The number of carbonyl (C=O) groups excluding carboxylic acids is 1. The molecule has 0 aliphatic carbocycles. The van der Waals surface area contributed by atoms with Gasteiger partial charge in [-0.05, 0) is 20.3 Å². The lowest BCUT2D eigenvalue weighted by molar-refractivity contribution is 0.232. The molecule has 2 amide bonds. The fourth-order valence-electron chi connectivity index (χ4n) is 2.69. The SMILES string of the molecule is Cc1nc(C)c(CCNC(=O)N[C@@H]2CCc3ncnn3C2)s1. The molecule has 7 nitrogen and oxygen atoms in total. The molecule has 0 bridgehead atoms. The van der Waals surface area contributed by atoms with Gasteiger partial charge >= 0.3 is 6.03 Å². The number of fused-ring (bicyclic) bond motifs is 1. The van der Waals surface area contributed by atoms with Crippen LogP contribution in [0, 0.1) is 13.8 Å². The number of carbonyl (C=O) groups is 1. The van der Waals surface area contributed by atoms with Crippen LogP contribution < -0.4 is 10.6 Å². The number of hydrogen-bond acceptors (Lipinski definition) is 5. The first-order valence-electron chi connectivity index (χ1n) is 7.46. The molecule has 3 rings (SSSR count). The maximum absolute atomic E-state index is 12.0. The third-order valence-electron chi connectivity index (χ3n) is 3.78. The molecule has 22 heavy (non-hydrogen) atoms. The highest BCUT2D eigenvalue weighted by Gasteiger charge is 2.21. The Morgan fingerprint density at radius 2 is 2.36 bits per heavy atom. The zero-order valence-corrected chi connectivity index (χ0v) is 13.6. The molecule has 0 spiro atoms. The Hall–Kier alpha value is -1.96. The van der Waals surface area contributed by atoms with Crippen LogP contribution in [0.4, 0.5) is 4.79 Å². The Morgan fingerprint density at radius 3 is 3.14 bits per heavy atom. The summed E-state index contributed by atoms with van der Waals surface area (Å²) in [6.45, 7) is 5.32. The van der Waals surface area contributed by atoms with Gasteiger partial charge in [-0.3, -0.25) is 0 Å². The van der Waals surface area contributed by atoms with Gasteiger partial charge in [0, 0.05) is 24.3 Å². The molecule has 2 N–H and O–H groups in total. The van der Waals surface area contributed by atoms with E-state index in [1.165, 1.54) is 4.88 Å². The minimum absolute atomic E-state index is 0.113. The van der Waals surface area contributed by atoms with Gasteiger partial charge in [0.05, 0.1) is 23.3 Å². The summed E-state index contributed by atoms with van der Waals surface area (Å²) < 4.78 is 1.86.